The van der Waals surface area contributed by atoms with Gasteiger partial charge < -0.3 is 15.0 Å². The van der Waals surface area contributed by atoms with E-state index in [0.29, 0.717) is 27.5 Å². The van der Waals surface area contributed by atoms with Crippen LogP contribution in [0, 0.1) is 5.82 Å². The number of halogens is 2. The summed E-state index contributed by atoms with van der Waals surface area (Å²) in [4.78, 5) is 25.3. The van der Waals surface area contributed by atoms with Crippen LogP contribution in [-0.2, 0) is 17.9 Å². The predicted octanol–water partition coefficient (Wildman–Crippen LogP) is 3.09. The molecule has 2 aromatic heterocycles. The van der Waals surface area contributed by atoms with Crippen LogP contribution in [0.3, 0.4) is 0 Å². The first-order valence-corrected chi connectivity index (χ1v) is 9.37. The number of aliphatic hydroxyl groups is 1. The Hall–Kier alpha value is -3.49. The molecule has 2 N–H and O–H groups in total. The number of amides is 1. The van der Waals surface area contributed by atoms with Crippen LogP contribution in [0.4, 0.5) is 10.1 Å². The van der Waals surface area contributed by atoms with Crippen LogP contribution in [0.25, 0.3) is 16.8 Å². The van der Waals surface area contributed by atoms with Gasteiger partial charge in [0.05, 0.1) is 12.3 Å². The van der Waals surface area contributed by atoms with Crippen molar-refractivity contribution in [3.05, 3.63) is 87.7 Å². The van der Waals surface area contributed by atoms with Crippen LogP contribution < -0.4 is 10.9 Å². The van der Waals surface area contributed by atoms with Crippen LogP contribution >= 0.6 is 11.6 Å². The first-order valence-electron chi connectivity index (χ1n) is 8.99. The molecule has 7 nitrogen and oxygen atoms in total. The van der Waals surface area contributed by atoms with Gasteiger partial charge >= 0.3 is 0 Å². The zero-order valence-corrected chi connectivity index (χ0v) is 16.3. The highest BCUT2D eigenvalue weighted by molar-refractivity contribution is 6.30. The molecule has 0 fully saturated rings. The third-order valence-corrected chi connectivity index (χ3v) is 4.83. The van der Waals surface area contributed by atoms with Crippen molar-refractivity contribution in [1.82, 2.24) is 14.2 Å². The second-order valence-corrected chi connectivity index (χ2v) is 7.01. The smallest absolute Gasteiger partial charge is 0.277 e. The minimum atomic E-state index is -0.478. The monoisotopic (exact) mass is 426 g/mol. The minimum absolute atomic E-state index is 0.151. The van der Waals surface area contributed by atoms with Crippen molar-refractivity contribution in [2.45, 2.75) is 13.2 Å². The number of rotatable bonds is 5. The summed E-state index contributed by atoms with van der Waals surface area (Å²) in [5.74, 6) is -0.797. The molecular weight excluding hydrogens is 411 g/mol. The largest absolute Gasteiger partial charge is 0.392 e. The lowest BCUT2D eigenvalue weighted by Crippen LogP contribution is -2.28. The molecule has 0 spiro atoms. The Morgan fingerprint density at radius 2 is 1.80 bits per heavy atom. The highest BCUT2D eigenvalue weighted by Crippen LogP contribution is 2.25. The van der Waals surface area contributed by atoms with Gasteiger partial charge in [-0.2, -0.15) is 5.10 Å². The lowest BCUT2D eigenvalue weighted by Gasteiger charge is -2.08. The van der Waals surface area contributed by atoms with E-state index in [4.69, 9.17) is 11.6 Å². The Kier molecular flexibility index (Phi) is 5.35. The van der Waals surface area contributed by atoms with Crippen LogP contribution in [0.1, 0.15) is 5.56 Å². The van der Waals surface area contributed by atoms with E-state index >= 15 is 0 Å². The van der Waals surface area contributed by atoms with Crippen molar-refractivity contribution >= 4 is 28.7 Å². The van der Waals surface area contributed by atoms with Crippen molar-refractivity contribution < 1.29 is 14.3 Å². The SMILES string of the molecule is O=C(Cn1ccn2nc(-c3ccc(F)cc3)c(CO)c2c1=O)Nc1ccc(Cl)cc1. The molecule has 0 bridgehead atoms. The number of carbonyl (C=O) groups is 1. The second-order valence-electron chi connectivity index (χ2n) is 6.57. The van der Waals surface area contributed by atoms with Crippen molar-refractivity contribution in [2.75, 3.05) is 5.32 Å². The summed E-state index contributed by atoms with van der Waals surface area (Å²) >= 11 is 5.83. The first-order chi connectivity index (χ1) is 14.5. The van der Waals surface area contributed by atoms with Crippen molar-refractivity contribution in [1.29, 1.82) is 0 Å². The molecule has 4 rings (SSSR count). The van der Waals surface area contributed by atoms with Crippen molar-refractivity contribution in [3.8, 4) is 11.3 Å². The predicted molar refractivity (Wildman–Crippen MR) is 111 cm³/mol. The molecule has 0 unspecified atom stereocenters. The Labute approximate surface area is 175 Å². The molecule has 30 heavy (non-hydrogen) atoms. The molecule has 0 aliphatic rings. The number of hydrogen-bond donors (Lipinski definition) is 2. The zero-order valence-electron chi connectivity index (χ0n) is 15.5. The Morgan fingerprint density at radius 1 is 1.10 bits per heavy atom. The highest BCUT2D eigenvalue weighted by atomic mass is 35.5. The second kappa shape index (κ2) is 8.10. The van der Waals surface area contributed by atoms with Crippen LogP contribution in [0.15, 0.2) is 65.7 Å². The maximum atomic E-state index is 13.2. The third kappa shape index (κ3) is 3.83. The van der Waals surface area contributed by atoms with E-state index in [-0.39, 0.29) is 12.1 Å². The lowest BCUT2D eigenvalue weighted by molar-refractivity contribution is -0.116. The van der Waals surface area contributed by atoms with E-state index in [2.05, 4.69) is 10.4 Å². The van der Waals surface area contributed by atoms with E-state index in [0.717, 1.165) is 0 Å². The van der Waals surface area contributed by atoms with Gasteiger partial charge in [0.2, 0.25) is 5.91 Å². The van der Waals surface area contributed by atoms with E-state index in [1.807, 2.05) is 0 Å². The van der Waals surface area contributed by atoms with Crippen molar-refractivity contribution in [2.24, 2.45) is 0 Å². The number of benzene rings is 2. The van der Waals surface area contributed by atoms with Gasteiger partial charge in [-0.1, -0.05) is 11.6 Å². The Bertz CT molecular complexity index is 1280. The van der Waals surface area contributed by atoms with E-state index < -0.39 is 23.9 Å². The topological polar surface area (TPSA) is 88.6 Å². The molecule has 2 heterocycles. The summed E-state index contributed by atoms with van der Waals surface area (Å²) in [5, 5.41) is 17.5. The average molecular weight is 427 g/mol. The average Bonchev–Trinajstić information content (AvgIpc) is 3.12. The summed E-state index contributed by atoms with van der Waals surface area (Å²) in [5.41, 5.74) is 1.47. The molecule has 0 saturated carbocycles. The summed E-state index contributed by atoms with van der Waals surface area (Å²) < 4.78 is 15.8. The van der Waals surface area contributed by atoms with Gasteiger partial charge in [-0.25, -0.2) is 8.91 Å². The molecule has 0 atom stereocenters. The van der Waals surface area contributed by atoms with Gasteiger partial charge in [0.25, 0.3) is 5.56 Å². The van der Waals surface area contributed by atoms with Gasteiger partial charge in [-0.05, 0) is 48.5 Å². The van der Waals surface area contributed by atoms with E-state index in [1.165, 1.54) is 45.7 Å². The number of anilines is 1. The maximum Gasteiger partial charge on any atom is 0.277 e. The van der Waals surface area contributed by atoms with Gasteiger partial charge in [0, 0.05) is 34.2 Å². The fourth-order valence-corrected chi connectivity index (χ4v) is 3.28. The van der Waals surface area contributed by atoms with Gasteiger partial charge in [0.1, 0.15) is 17.9 Å². The molecular formula is C21H16ClFN4O3. The minimum Gasteiger partial charge on any atom is -0.392 e. The fraction of sp³-hybridized carbons (Fsp3) is 0.0952. The third-order valence-electron chi connectivity index (χ3n) is 4.58. The molecule has 9 heteroatoms. The highest BCUT2D eigenvalue weighted by Gasteiger charge is 2.18. The molecule has 0 radical (unpaired) electrons. The number of fused-ring (bicyclic) bond motifs is 1. The summed E-state index contributed by atoms with van der Waals surface area (Å²) in [6, 6.07) is 12.2. The molecule has 2 aromatic carbocycles. The Balaban J connectivity index is 1.68. The number of carbonyl (C=O) groups excluding carboxylic acids is 1. The maximum absolute atomic E-state index is 13.2. The molecule has 0 aliphatic heterocycles. The summed E-state index contributed by atoms with van der Waals surface area (Å²) in [6.45, 7) is -0.660. The summed E-state index contributed by atoms with van der Waals surface area (Å²) in [7, 11) is 0. The van der Waals surface area contributed by atoms with Crippen LogP contribution in [-0.4, -0.2) is 25.2 Å². The van der Waals surface area contributed by atoms with E-state index in [9.17, 15) is 19.1 Å². The number of nitrogens with one attached hydrogen (secondary N) is 1. The zero-order chi connectivity index (χ0) is 21.3. The normalized spacial score (nSPS) is 11.0. The molecule has 152 valence electrons. The quantitative estimate of drug-likeness (QED) is 0.513. The van der Waals surface area contributed by atoms with Gasteiger partial charge in [-0.3, -0.25) is 9.59 Å². The summed E-state index contributed by atoms with van der Waals surface area (Å²) in [6.07, 6.45) is 2.97. The number of aliphatic hydroxyl groups excluding tert-OH is 1. The molecule has 4 aromatic rings. The van der Waals surface area contributed by atoms with Gasteiger partial charge in [0.15, 0.2) is 0 Å². The Morgan fingerprint density at radius 3 is 2.47 bits per heavy atom. The van der Waals surface area contributed by atoms with Crippen LogP contribution in [0.5, 0.6) is 0 Å². The fourth-order valence-electron chi connectivity index (χ4n) is 3.15. The van der Waals surface area contributed by atoms with Crippen molar-refractivity contribution in [3.63, 3.8) is 0 Å². The lowest BCUT2D eigenvalue weighted by atomic mass is 10.1. The van der Waals surface area contributed by atoms with Gasteiger partial charge in [-0.15, -0.1) is 0 Å². The molecule has 0 saturated heterocycles. The molecule has 0 aliphatic carbocycles. The standard InChI is InChI=1S/C21H16ClFN4O3/c22-14-3-7-16(8-4-14)24-18(29)11-26-9-10-27-20(21(26)30)17(12-28)19(25-27)13-1-5-15(23)6-2-13/h1-10,28H,11-12H2,(H,24,29). The number of nitrogens with zero attached hydrogens (tertiary/aromatic N) is 3. The van der Waals surface area contributed by atoms with E-state index in [1.54, 1.807) is 24.3 Å². The molecule has 1 amide bonds. The number of aromatic nitrogens is 3. The number of hydrogen-bond acceptors (Lipinski definition) is 4. The van der Waals surface area contributed by atoms with Crippen LogP contribution in [0.2, 0.25) is 5.02 Å². The first kappa shape index (κ1) is 19.8.